The zero-order valence-corrected chi connectivity index (χ0v) is 29.0. The van der Waals surface area contributed by atoms with Crippen molar-refractivity contribution in [3.05, 3.63) is 23.5 Å². The van der Waals surface area contributed by atoms with E-state index in [-0.39, 0.29) is 24.4 Å². The molecule has 16 atom stereocenters. The number of carbonyl (C=O) groups excluding carboxylic acids is 4. The lowest BCUT2D eigenvalue weighted by Gasteiger charge is -2.67. The van der Waals surface area contributed by atoms with Crippen molar-refractivity contribution >= 4 is 23.7 Å². The lowest BCUT2D eigenvalue weighted by molar-refractivity contribution is -0.296. The third-order valence-corrected chi connectivity index (χ3v) is 12.5. The summed E-state index contributed by atoms with van der Waals surface area (Å²) in [5, 5.41) is 75.2. The molecule has 51 heavy (non-hydrogen) atoms. The van der Waals surface area contributed by atoms with Crippen molar-refractivity contribution in [1.29, 1.82) is 0 Å². The van der Waals surface area contributed by atoms with Crippen LogP contribution >= 0.6 is 0 Å². The maximum absolute atomic E-state index is 13.8. The van der Waals surface area contributed by atoms with Crippen LogP contribution in [0.25, 0.3) is 0 Å². The SMILES string of the molecule is COC(=O)[C@@]12OC[C@]34C([C@@H](O)[C@@H]1O)[C@@]1(C)C=C(O[C@@H]5O[C@H](CO)[C@@H](O)[C@H](O)[C@H]5O)C(=O)[C@@H](C)[C@@H]1C[C@H]3OC(=O)[C@H](OC(=O)C=C(C)C(C)(C)O)C42. The smallest absolute Gasteiger partial charge is 0.348 e. The number of aliphatic hydroxyl groups is 7. The van der Waals surface area contributed by atoms with Gasteiger partial charge in [-0.25, -0.2) is 14.4 Å². The van der Waals surface area contributed by atoms with Crippen LogP contribution in [0.15, 0.2) is 23.5 Å². The number of fused-ring (bicyclic) bond motifs is 2. The van der Waals surface area contributed by atoms with Crippen LogP contribution in [0.5, 0.6) is 0 Å². The van der Waals surface area contributed by atoms with Crippen LogP contribution in [0, 0.1) is 34.5 Å². The summed E-state index contributed by atoms with van der Waals surface area (Å²) in [6.45, 7) is 6.50. The van der Waals surface area contributed by atoms with Crippen LogP contribution in [0.2, 0.25) is 0 Å². The van der Waals surface area contributed by atoms with Crippen molar-refractivity contribution in [3.63, 3.8) is 0 Å². The van der Waals surface area contributed by atoms with Gasteiger partial charge in [-0.05, 0) is 50.2 Å². The maximum atomic E-state index is 13.8. The van der Waals surface area contributed by atoms with Crippen molar-refractivity contribution in [3.8, 4) is 0 Å². The summed E-state index contributed by atoms with van der Waals surface area (Å²) in [5.74, 6) is -8.35. The quantitative estimate of drug-likeness (QED) is 0.0804. The fourth-order valence-corrected chi connectivity index (χ4v) is 9.69. The van der Waals surface area contributed by atoms with Gasteiger partial charge in [0.15, 0.2) is 11.5 Å². The monoisotopic (exact) mass is 726 g/mol. The molecule has 3 aliphatic carbocycles. The number of ether oxygens (including phenoxy) is 6. The molecular formula is C34H46O17. The Morgan fingerprint density at radius 2 is 1.73 bits per heavy atom. The Labute approximate surface area is 292 Å². The number of hydrogen-bond donors (Lipinski definition) is 7. The Balaban J connectivity index is 1.47. The van der Waals surface area contributed by atoms with Crippen LogP contribution < -0.4 is 0 Å². The molecule has 2 bridgehead atoms. The van der Waals surface area contributed by atoms with E-state index in [9.17, 15) is 54.9 Å². The van der Waals surface area contributed by atoms with E-state index in [1.54, 1.807) is 13.8 Å². The average Bonchev–Trinajstić information content (AvgIpc) is 3.37. The standard InChI is InChI=1S/C34H46O17/c1-12(31(3,4)45)7-18(36)51-24-26-33-11-47-34(26,30(44)46-6)27(42)23(41)25(33)32(5)9-15(19(37)13(2)14(32)8-17(33)50-28(24)43)48-29-22(40)21(39)20(38)16(10-35)49-29/h7,9,13-14,16-17,20-27,29,35,38-42,45H,8,10-11H2,1-6H3/t13-,14-,16+,17+,20+,21-,22+,23+,24+,25?,26?,27-,29+,32-,33+,34-/m0/s1. The van der Waals surface area contributed by atoms with Crippen LogP contribution in [0.3, 0.4) is 0 Å². The number of allylic oxidation sites excluding steroid dienone is 2. The fourth-order valence-electron chi connectivity index (χ4n) is 9.69. The van der Waals surface area contributed by atoms with E-state index in [0.717, 1.165) is 13.2 Å². The lowest BCUT2D eigenvalue weighted by Crippen LogP contribution is -2.79. The molecule has 6 rings (SSSR count). The Kier molecular flexibility index (Phi) is 9.29. The van der Waals surface area contributed by atoms with Crippen LogP contribution in [-0.4, -0.2) is 146 Å². The minimum absolute atomic E-state index is 0.00772. The van der Waals surface area contributed by atoms with E-state index in [4.69, 9.17) is 28.4 Å². The molecule has 3 heterocycles. The van der Waals surface area contributed by atoms with E-state index in [1.165, 1.54) is 26.8 Å². The first-order chi connectivity index (χ1) is 23.7. The molecule has 0 aromatic rings. The average molecular weight is 727 g/mol. The number of aliphatic hydroxyl groups excluding tert-OH is 6. The highest BCUT2D eigenvalue weighted by Gasteiger charge is 2.85. The molecule has 0 amide bonds. The van der Waals surface area contributed by atoms with Crippen LogP contribution in [0.4, 0.5) is 0 Å². The summed E-state index contributed by atoms with van der Waals surface area (Å²) in [4.78, 5) is 54.5. The summed E-state index contributed by atoms with van der Waals surface area (Å²) in [6.07, 6.45) is -12.8. The number of hydrogen-bond acceptors (Lipinski definition) is 17. The highest BCUT2D eigenvalue weighted by atomic mass is 16.7. The zero-order chi connectivity index (χ0) is 37.7. The van der Waals surface area contributed by atoms with Gasteiger partial charge in [-0.2, -0.15) is 0 Å². The molecule has 2 unspecified atom stereocenters. The van der Waals surface area contributed by atoms with Crippen LogP contribution in [-0.2, 0) is 47.6 Å². The number of rotatable bonds is 7. The van der Waals surface area contributed by atoms with Gasteiger partial charge < -0.3 is 64.2 Å². The first kappa shape index (κ1) is 37.7. The zero-order valence-electron chi connectivity index (χ0n) is 29.0. The number of esters is 3. The summed E-state index contributed by atoms with van der Waals surface area (Å²) in [7, 11) is 1.03. The highest BCUT2D eigenvalue weighted by molar-refractivity contribution is 5.97. The second-order valence-electron chi connectivity index (χ2n) is 15.4. The molecule has 0 aromatic carbocycles. The van der Waals surface area contributed by atoms with Gasteiger partial charge in [0, 0.05) is 23.3 Å². The van der Waals surface area contributed by atoms with Gasteiger partial charge >= 0.3 is 17.9 Å². The third-order valence-electron chi connectivity index (χ3n) is 12.5. The van der Waals surface area contributed by atoms with Gasteiger partial charge in [0.25, 0.3) is 0 Å². The largest absolute Gasteiger partial charge is 0.467 e. The Hall–Kier alpha value is -3.00. The predicted octanol–water partition coefficient (Wildman–Crippen LogP) is -2.62. The number of carbonyl (C=O) groups is 4. The first-order valence-electron chi connectivity index (χ1n) is 16.9. The second-order valence-corrected chi connectivity index (χ2v) is 15.4. The van der Waals surface area contributed by atoms with Gasteiger partial charge in [-0.1, -0.05) is 13.8 Å². The number of methoxy groups -OCH3 is 1. The first-order valence-corrected chi connectivity index (χ1v) is 16.9. The molecule has 17 heteroatoms. The van der Waals surface area contributed by atoms with Gasteiger partial charge in [-0.15, -0.1) is 0 Å². The van der Waals surface area contributed by atoms with E-state index in [2.05, 4.69) is 0 Å². The summed E-state index contributed by atoms with van der Waals surface area (Å²) >= 11 is 0. The molecule has 284 valence electrons. The second kappa shape index (κ2) is 12.6. The van der Waals surface area contributed by atoms with Gasteiger partial charge in [-0.3, -0.25) is 4.79 Å². The lowest BCUT2D eigenvalue weighted by atomic mass is 9.38. The van der Waals surface area contributed by atoms with E-state index in [1.807, 2.05) is 0 Å². The molecule has 3 saturated heterocycles. The Bertz CT molecular complexity index is 1530. The summed E-state index contributed by atoms with van der Waals surface area (Å²) in [6, 6.07) is 0. The minimum Gasteiger partial charge on any atom is -0.467 e. The molecule has 3 aliphatic heterocycles. The highest BCUT2D eigenvalue weighted by Crippen LogP contribution is 2.72. The van der Waals surface area contributed by atoms with Gasteiger partial charge in [0.1, 0.15) is 36.6 Å². The van der Waals surface area contributed by atoms with Crippen molar-refractivity contribution in [2.45, 2.75) is 107 Å². The number of Topliss-reactive ketones (excluding diaryl/α,β-unsaturated/α-hetero) is 1. The molecule has 2 saturated carbocycles. The molecule has 5 fully saturated rings. The molecule has 1 spiro atoms. The van der Waals surface area contributed by atoms with Crippen molar-refractivity contribution in [2.24, 2.45) is 34.5 Å². The van der Waals surface area contributed by atoms with Crippen molar-refractivity contribution < 1.29 is 83.3 Å². The molecular weight excluding hydrogens is 680 g/mol. The molecule has 6 aliphatic rings. The van der Waals surface area contributed by atoms with Crippen LogP contribution in [0.1, 0.15) is 41.0 Å². The molecule has 0 radical (unpaired) electrons. The maximum Gasteiger partial charge on any atom is 0.348 e. The summed E-state index contributed by atoms with van der Waals surface area (Å²) < 4.78 is 34.2. The fraction of sp³-hybridized carbons (Fsp3) is 0.765. The van der Waals surface area contributed by atoms with E-state index >= 15 is 0 Å². The third kappa shape index (κ3) is 5.22. The normalized spacial score (nSPS) is 47.7. The van der Waals surface area contributed by atoms with E-state index < -0.39 is 131 Å². The summed E-state index contributed by atoms with van der Waals surface area (Å²) in [5.41, 5.74) is -6.49. The van der Waals surface area contributed by atoms with Crippen molar-refractivity contribution in [2.75, 3.05) is 20.3 Å². The molecule has 7 N–H and O–H groups in total. The van der Waals surface area contributed by atoms with Gasteiger partial charge in [0.05, 0.1) is 37.9 Å². The topological polar surface area (TPSA) is 265 Å². The number of ketones is 1. The molecule has 17 nitrogen and oxygen atoms in total. The minimum atomic E-state index is -2.40. The Morgan fingerprint density at radius 3 is 2.33 bits per heavy atom. The van der Waals surface area contributed by atoms with E-state index in [0.29, 0.717) is 0 Å². The predicted molar refractivity (Wildman–Crippen MR) is 165 cm³/mol. The van der Waals surface area contributed by atoms with Crippen molar-refractivity contribution in [1.82, 2.24) is 0 Å². The Morgan fingerprint density at radius 1 is 1.06 bits per heavy atom. The van der Waals surface area contributed by atoms with Gasteiger partial charge in [0.2, 0.25) is 18.0 Å². The molecule has 0 aromatic heterocycles.